The molecule has 1 N–H and O–H groups in total. The Labute approximate surface area is 141 Å². The average Bonchev–Trinajstić information content (AvgIpc) is 2.26. The Hall–Kier alpha value is 0.470. The molecule has 0 aliphatic heterocycles. The Balaban J connectivity index is 0. The summed E-state index contributed by atoms with van der Waals surface area (Å²) in [5.74, 6) is -0.375. The van der Waals surface area contributed by atoms with Crippen LogP contribution < -0.4 is 34.9 Å². The second kappa shape index (κ2) is 13.5. The first-order valence-corrected chi connectivity index (χ1v) is 8.84. The van der Waals surface area contributed by atoms with Crippen LogP contribution in [0.1, 0.15) is 45.4 Å². The molecule has 8 heteroatoms. The van der Waals surface area contributed by atoms with Gasteiger partial charge >= 0.3 is 29.6 Å². The van der Waals surface area contributed by atoms with E-state index in [0.29, 0.717) is 6.54 Å². The largest absolute Gasteiger partial charge is 1.00 e. The van der Waals surface area contributed by atoms with Gasteiger partial charge in [0.05, 0.1) is 0 Å². The van der Waals surface area contributed by atoms with Gasteiger partial charge in [-0.1, -0.05) is 39.0 Å². The molecular weight excluding hydrogens is 297 g/mol. The Morgan fingerprint density at radius 2 is 1.79 bits per heavy atom. The molecule has 0 aliphatic carbocycles. The number of carbonyl (C=O) groups is 1. The molecule has 0 spiro atoms. The molecule has 19 heavy (non-hydrogen) atoms. The van der Waals surface area contributed by atoms with Gasteiger partial charge in [0.15, 0.2) is 9.15 Å². The predicted octanol–water partition coefficient (Wildman–Crippen LogP) is -0.826. The van der Waals surface area contributed by atoms with Crippen molar-refractivity contribution in [1.29, 1.82) is 0 Å². The van der Waals surface area contributed by atoms with Crippen LogP contribution in [0.15, 0.2) is 11.5 Å². The number of hydrogen-bond donors (Lipinski definition) is 1. The predicted molar refractivity (Wildman–Crippen MR) is 72.8 cm³/mol. The first-order chi connectivity index (χ1) is 8.45. The van der Waals surface area contributed by atoms with Gasteiger partial charge in [0.2, 0.25) is 5.91 Å². The third kappa shape index (κ3) is 18.5. The van der Waals surface area contributed by atoms with Crippen LogP contribution in [0.5, 0.6) is 0 Å². The Morgan fingerprint density at radius 1 is 1.21 bits per heavy atom. The molecule has 0 unspecified atom stereocenters. The quantitative estimate of drug-likeness (QED) is 0.187. The van der Waals surface area contributed by atoms with Crippen LogP contribution in [-0.4, -0.2) is 25.4 Å². The summed E-state index contributed by atoms with van der Waals surface area (Å²) < 4.78 is 30.7. The molecule has 0 heterocycles. The van der Waals surface area contributed by atoms with Crippen LogP contribution in [-0.2, 0) is 13.9 Å². The molecule has 0 aromatic rings. The fourth-order valence-electron chi connectivity index (χ4n) is 1.33. The van der Waals surface area contributed by atoms with Gasteiger partial charge in [-0.05, 0) is 22.6 Å². The number of rotatable bonds is 10. The molecule has 5 nitrogen and oxygen atoms in total. The minimum absolute atomic E-state index is 0. The van der Waals surface area contributed by atoms with Gasteiger partial charge < -0.3 is 9.87 Å². The van der Waals surface area contributed by atoms with Crippen LogP contribution >= 0.6 is 10.8 Å². The van der Waals surface area contributed by atoms with Gasteiger partial charge in [0.25, 0.3) is 0 Å². The van der Waals surface area contributed by atoms with E-state index in [2.05, 4.69) is 12.2 Å². The summed E-state index contributed by atoms with van der Waals surface area (Å²) in [5, 5.41) is 3.61. The number of nitrogens with one attached hydrogen (secondary N) is 1. The fourth-order valence-corrected chi connectivity index (χ4v) is 2.22. The van der Waals surface area contributed by atoms with Gasteiger partial charge in [0, 0.05) is 12.6 Å². The number of hydrogen-bond acceptors (Lipinski definition) is 5. The van der Waals surface area contributed by atoms with Crippen molar-refractivity contribution < 1.29 is 47.3 Å². The fraction of sp³-hybridized carbons (Fsp3) is 0.727. The Bertz CT molecular complexity index is 358. The summed E-state index contributed by atoms with van der Waals surface area (Å²) in [4.78, 5) is 11.2. The van der Waals surface area contributed by atoms with Crippen molar-refractivity contribution in [3.8, 4) is 0 Å². The van der Waals surface area contributed by atoms with Crippen LogP contribution in [0.2, 0.25) is 0 Å². The van der Waals surface area contributed by atoms with Crippen LogP contribution in [0.25, 0.3) is 0 Å². The molecule has 0 aromatic carbocycles. The van der Waals surface area contributed by atoms with Crippen molar-refractivity contribution in [1.82, 2.24) is 5.32 Å². The number of amides is 1. The molecule has 106 valence electrons. The van der Waals surface area contributed by atoms with E-state index < -0.39 is 9.15 Å². The van der Waals surface area contributed by atoms with Crippen LogP contribution in [0, 0.1) is 0 Å². The van der Waals surface area contributed by atoms with Crippen molar-refractivity contribution in [3.63, 3.8) is 0 Å². The summed E-state index contributed by atoms with van der Waals surface area (Å²) in [5.41, 5.74) is 0. The van der Waals surface area contributed by atoms with Crippen molar-refractivity contribution in [2.45, 2.75) is 45.4 Å². The Kier molecular flexibility index (Phi) is 15.4. The smallest absolute Gasteiger partial charge is 0.739 e. The zero-order valence-electron chi connectivity index (χ0n) is 11.6. The van der Waals surface area contributed by atoms with Gasteiger partial charge in [0.1, 0.15) is 0 Å². The molecule has 1 amide bonds. The van der Waals surface area contributed by atoms with Crippen molar-refractivity contribution >= 4 is 25.9 Å². The summed E-state index contributed by atoms with van der Waals surface area (Å²) in [6.45, 7) is 2.73. The molecule has 0 radical (unpaired) electrons. The maximum Gasteiger partial charge on any atom is 1.00 e. The maximum absolute atomic E-state index is 11.2. The maximum atomic E-state index is 11.2. The molecule has 0 aromatic heterocycles. The normalized spacial score (nSPS) is 11.3. The third-order valence-electron chi connectivity index (χ3n) is 2.22. The average molecular weight is 317 g/mol. The minimum atomic E-state index is -4.36. The van der Waals surface area contributed by atoms with Crippen molar-refractivity contribution in [2.24, 2.45) is 0 Å². The van der Waals surface area contributed by atoms with Gasteiger partial charge in [-0.2, -0.15) is 0 Å². The second-order valence-electron chi connectivity index (χ2n) is 3.87. The molecule has 0 fully saturated rings. The van der Waals surface area contributed by atoms with Crippen molar-refractivity contribution in [3.05, 3.63) is 11.5 Å². The molecule has 0 rings (SSSR count). The minimum Gasteiger partial charge on any atom is -0.739 e. The van der Waals surface area contributed by atoms with E-state index in [9.17, 15) is 17.8 Å². The SMILES string of the molecule is CCCCCCCCNC(=O)C=CSS(=O)(=O)[O-].[Na+]. The molecule has 0 bridgehead atoms. The van der Waals surface area contributed by atoms with E-state index in [1.54, 1.807) is 0 Å². The summed E-state index contributed by atoms with van der Waals surface area (Å²) in [6.07, 6.45) is 7.89. The van der Waals surface area contributed by atoms with E-state index in [1.165, 1.54) is 25.7 Å². The molecule has 0 aliphatic rings. The van der Waals surface area contributed by atoms with Crippen LogP contribution in [0.4, 0.5) is 0 Å². The second-order valence-corrected chi connectivity index (χ2v) is 6.95. The molecular formula is C11H20NNaO4S2. The molecule has 0 atom stereocenters. The zero-order valence-corrected chi connectivity index (χ0v) is 15.2. The monoisotopic (exact) mass is 317 g/mol. The van der Waals surface area contributed by atoms with E-state index in [0.717, 1.165) is 24.3 Å². The van der Waals surface area contributed by atoms with Crippen LogP contribution in [0.3, 0.4) is 0 Å². The summed E-state index contributed by atoms with van der Waals surface area (Å²) >= 11 is 0. The Morgan fingerprint density at radius 3 is 2.37 bits per heavy atom. The van der Waals surface area contributed by atoms with E-state index in [-0.39, 0.29) is 46.3 Å². The first-order valence-electron chi connectivity index (χ1n) is 6.04. The first kappa shape index (κ1) is 21.8. The van der Waals surface area contributed by atoms with E-state index in [1.807, 2.05) is 0 Å². The van der Waals surface area contributed by atoms with E-state index in [4.69, 9.17) is 0 Å². The van der Waals surface area contributed by atoms with Gasteiger partial charge in [-0.15, -0.1) is 0 Å². The van der Waals surface area contributed by atoms with Crippen molar-refractivity contribution in [2.75, 3.05) is 6.54 Å². The van der Waals surface area contributed by atoms with Gasteiger partial charge in [-0.3, -0.25) is 4.79 Å². The summed E-state index contributed by atoms with van der Waals surface area (Å²) in [6, 6.07) is 0. The molecule has 0 saturated carbocycles. The third-order valence-corrected chi connectivity index (χ3v) is 3.75. The standard InChI is InChI=1S/C11H21NO4S2.Na/c1-2-3-4-5-6-7-9-12-11(13)8-10-17-18(14,15)16;/h8,10H,2-7,9H2,1H3,(H,12,13)(H,14,15,16);/q;+1/p-1. The number of carbonyl (C=O) groups excluding carboxylic acids is 1. The van der Waals surface area contributed by atoms with Gasteiger partial charge in [-0.25, -0.2) is 8.42 Å². The summed E-state index contributed by atoms with van der Waals surface area (Å²) in [7, 11) is -4.27. The topological polar surface area (TPSA) is 86.3 Å². The van der Waals surface area contributed by atoms with E-state index >= 15 is 0 Å². The zero-order chi connectivity index (χ0) is 13.9. The molecule has 0 saturated heterocycles. The number of unbranched alkanes of at least 4 members (excludes halogenated alkanes) is 5.